The molecule has 0 saturated carbocycles. The van der Waals surface area contributed by atoms with E-state index in [1.165, 1.54) is 6.26 Å². The molecule has 0 aliphatic carbocycles. The van der Waals surface area contributed by atoms with Gasteiger partial charge in [0.2, 0.25) is 0 Å². The smallest absolute Gasteiger partial charge is 0.272 e. The van der Waals surface area contributed by atoms with Crippen LogP contribution in [0.4, 0.5) is 5.69 Å². The van der Waals surface area contributed by atoms with Crippen molar-refractivity contribution in [3.63, 3.8) is 0 Å². The summed E-state index contributed by atoms with van der Waals surface area (Å²) in [6, 6.07) is 20.9. The largest absolute Gasteiger partial charge is 0.500 e. The number of benzene rings is 2. The van der Waals surface area contributed by atoms with Crippen molar-refractivity contribution in [1.29, 1.82) is 5.26 Å². The molecule has 1 amide bonds. The molecular weight excluding hydrogens is 288 g/mol. The van der Waals surface area contributed by atoms with Crippen LogP contribution in [0.5, 0.6) is 0 Å². The molecule has 0 fully saturated rings. The van der Waals surface area contributed by atoms with Crippen LogP contribution in [-0.2, 0) is 16.1 Å². The first-order valence-corrected chi connectivity index (χ1v) is 7.39. The van der Waals surface area contributed by atoms with Crippen molar-refractivity contribution in [3.05, 3.63) is 78.1 Å². The molecule has 2 rings (SSSR count). The summed E-state index contributed by atoms with van der Waals surface area (Å²) >= 11 is 0. The van der Waals surface area contributed by atoms with Crippen LogP contribution in [0.25, 0.3) is 0 Å². The summed E-state index contributed by atoms with van der Waals surface area (Å²) in [6.45, 7) is 2.59. The van der Waals surface area contributed by atoms with Gasteiger partial charge in [-0.15, -0.1) is 0 Å². The second kappa shape index (κ2) is 8.40. The molecule has 0 spiro atoms. The van der Waals surface area contributed by atoms with Gasteiger partial charge in [-0.05, 0) is 24.6 Å². The second-order valence-corrected chi connectivity index (χ2v) is 4.81. The number of carbonyl (C=O) groups excluding carboxylic acids is 1. The van der Waals surface area contributed by atoms with Gasteiger partial charge in [0.05, 0.1) is 13.2 Å². The molecule has 0 aliphatic rings. The van der Waals surface area contributed by atoms with Crippen LogP contribution in [-0.4, -0.2) is 12.5 Å². The summed E-state index contributed by atoms with van der Waals surface area (Å²) in [5.74, 6) is -0.379. The first-order valence-electron chi connectivity index (χ1n) is 7.39. The summed E-state index contributed by atoms with van der Waals surface area (Å²) in [5, 5.41) is 9.24. The van der Waals surface area contributed by atoms with Gasteiger partial charge in [-0.25, -0.2) is 0 Å². The molecule has 0 heterocycles. The Kier molecular flexibility index (Phi) is 5.96. The zero-order chi connectivity index (χ0) is 16.5. The van der Waals surface area contributed by atoms with Gasteiger partial charge in [-0.1, -0.05) is 48.5 Å². The molecule has 23 heavy (non-hydrogen) atoms. The second-order valence-electron chi connectivity index (χ2n) is 4.81. The van der Waals surface area contributed by atoms with Crippen LogP contribution < -0.4 is 4.90 Å². The number of hydrogen-bond donors (Lipinski definition) is 0. The molecule has 116 valence electrons. The monoisotopic (exact) mass is 306 g/mol. The Morgan fingerprint density at radius 2 is 1.74 bits per heavy atom. The van der Waals surface area contributed by atoms with Crippen molar-refractivity contribution in [2.45, 2.75) is 13.5 Å². The highest BCUT2D eigenvalue weighted by Crippen LogP contribution is 2.19. The van der Waals surface area contributed by atoms with Crippen molar-refractivity contribution < 1.29 is 9.53 Å². The molecule has 0 aliphatic heterocycles. The van der Waals surface area contributed by atoms with Gasteiger partial charge < -0.3 is 9.64 Å². The zero-order valence-corrected chi connectivity index (χ0v) is 13.0. The van der Waals surface area contributed by atoms with Gasteiger partial charge >= 0.3 is 0 Å². The van der Waals surface area contributed by atoms with Crippen LogP contribution in [0.3, 0.4) is 0 Å². The number of amides is 1. The van der Waals surface area contributed by atoms with E-state index in [1.807, 2.05) is 66.7 Å². The van der Waals surface area contributed by atoms with Crippen LogP contribution in [0, 0.1) is 11.3 Å². The van der Waals surface area contributed by atoms with Gasteiger partial charge in [-0.3, -0.25) is 4.79 Å². The van der Waals surface area contributed by atoms with Crippen LogP contribution in [0.15, 0.2) is 72.5 Å². The van der Waals surface area contributed by atoms with Gasteiger partial charge in [-0.2, -0.15) is 5.26 Å². The molecule has 0 radical (unpaired) electrons. The topological polar surface area (TPSA) is 53.3 Å². The average Bonchev–Trinajstić information content (AvgIpc) is 2.62. The Balaban J connectivity index is 2.34. The van der Waals surface area contributed by atoms with E-state index in [0.717, 1.165) is 11.3 Å². The highest BCUT2D eigenvalue weighted by atomic mass is 16.5. The van der Waals surface area contributed by atoms with Crippen molar-refractivity contribution >= 4 is 11.6 Å². The van der Waals surface area contributed by atoms with E-state index in [4.69, 9.17) is 4.74 Å². The van der Waals surface area contributed by atoms with Crippen molar-refractivity contribution in [2.24, 2.45) is 0 Å². The van der Waals surface area contributed by atoms with Crippen LogP contribution in [0.1, 0.15) is 12.5 Å². The number of nitrogens with zero attached hydrogens (tertiary/aromatic N) is 2. The molecule has 2 aromatic rings. The summed E-state index contributed by atoms with van der Waals surface area (Å²) < 4.78 is 5.11. The molecule has 0 bridgehead atoms. The number of anilines is 1. The predicted molar refractivity (Wildman–Crippen MR) is 89.4 cm³/mol. The molecule has 2 aromatic carbocycles. The molecule has 4 heteroatoms. The molecule has 0 N–H and O–H groups in total. The number of ether oxygens (including phenoxy) is 1. The maximum atomic E-state index is 12.7. The normalized spacial score (nSPS) is 10.7. The van der Waals surface area contributed by atoms with Crippen LogP contribution in [0.2, 0.25) is 0 Å². The molecular formula is C19H18N2O2. The molecule has 0 aromatic heterocycles. The average molecular weight is 306 g/mol. The third-order valence-corrected chi connectivity index (χ3v) is 3.22. The van der Waals surface area contributed by atoms with Crippen LogP contribution >= 0.6 is 0 Å². The molecule has 0 saturated heterocycles. The number of carbonyl (C=O) groups is 1. The lowest BCUT2D eigenvalue weighted by atomic mass is 10.1. The highest BCUT2D eigenvalue weighted by molar-refractivity contribution is 6.08. The fraction of sp³-hybridized carbons (Fsp3) is 0.158. The number of para-hydroxylation sites is 1. The lowest BCUT2D eigenvalue weighted by molar-refractivity contribution is -0.115. The molecule has 0 unspecified atom stereocenters. The first kappa shape index (κ1) is 16.3. The van der Waals surface area contributed by atoms with E-state index >= 15 is 0 Å². The lowest BCUT2D eigenvalue weighted by Gasteiger charge is -2.22. The Morgan fingerprint density at radius 1 is 1.13 bits per heavy atom. The number of rotatable bonds is 6. The Morgan fingerprint density at radius 3 is 2.30 bits per heavy atom. The maximum absolute atomic E-state index is 12.7. The van der Waals surface area contributed by atoms with E-state index in [9.17, 15) is 10.1 Å². The highest BCUT2D eigenvalue weighted by Gasteiger charge is 2.20. The molecule has 0 atom stereocenters. The van der Waals surface area contributed by atoms with Gasteiger partial charge in [0, 0.05) is 5.69 Å². The zero-order valence-electron chi connectivity index (χ0n) is 13.0. The van der Waals surface area contributed by atoms with E-state index < -0.39 is 0 Å². The van der Waals surface area contributed by atoms with E-state index in [1.54, 1.807) is 11.8 Å². The summed E-state index contributed by atoms with van der Waals surface area (Å²) in [6.07, 6.45) is 1.23. The number of nitriles is 1. The summed E-state index contributed by atoms with van der Waals surface area (Å²) in [4.78, 5) is 14.3. The third kappa shape index (κ3) is 4.45. The van der Waals surface area contributed by atoms with Gasteiger partial charge in [0.25, 0.3) is 5.91 Å². The van der Waals surface area contributed by atoms with Crippen molar-refractivity contribution in [2.75, 3.05) is 11.5 Å². The Bertz CT molecular complexity index is 703. The fourth-order valence-corrected chi connectivity index (χ4v) is 2.09. The van der Waals surface area contributed by atoms with E-state index in [2.05, 4.69) is 0 Å². The number of hydrogen-bond acceptors (Lipinski definition) is 3. The van der Waals surface area contributed by atoms with E-state index in [-0.39, 0.29) is 11.5 Å². The maximum Gasteiger partial charge on any atom is 0.272 e. The fourth-order valence-electron chi connectivity index (χ4n) is 2.09. The van der Waals surface area contributed by atoms with Crippen molar-refractivity contribution in [3.8, 4) is 6.07 Å². The quantitative estimate of drug-likeness (QED) is 0.465. The SMILES string of the molecule is CCOC=C(C#N)C(=O)N(Cc1ccccc1)c1ccccc1. The van der Waals surface area contributed by atoms with E-state index in [0.29, 0.717) is 13.2 Å². The van der Waals surface area contributed by atoms with Crippen molar-refractivity contribution in [1.82, 2.24) is 0 Å². The predicted octanol–water partition coefficient (Wildman–Crippen LogP) is 3.66. The minimum atomic E-state index is -0.379. The Labute approximate surface area is 136 Å². The molecule has 4 nitrogen and oxygen atoms in total. The van der Waals surface area contributed by atoms with Gasteiger partial charge in [0.1, 0.15) is 12.3 Å². The summed E-state index contributed by atoms with van der Waals surface area (Å²) in [7, 11) is 0. The standard InChI is InChI=1S/C19H18N2O2/c1-2-23-15-17(13-20)19(22)21(18-11-7-4-8-12-18)14-16-9-5-3-6-10-16/h3-12,15H,2,14H2,1H3. The Hall–Kier alpha value is -3.06. The first-order chi connectivity index (χ1) is 11.3. The summed E-state index contributed by atoms with van der Waals surface area (Å²) in [5.41, 5.74) is 1.70. The third-order valence-electron chi connectivity index (χ3n) is 3.22. The minimum Gasteiger partial charge on any atom is -0.500 e. The van der Waals surface area contributed by atoms with Gasteiger partial charge in [0.15, 0.2) is 5.57 Å². The lowest BCUT2D eigenvalue weighted by Crippen LogP contribution is -2.31. The minimum absolute atomic E-state index is 0.0216.